The summed E-state index contributed by atoms with van der Waals surface area (Å²) in [6.07, 6.45) is 3.27. The third kappa shape index (κ3) is 6.19. The maximum Gasteiger partial charge on any atom is 0.256 e. The fourth-order valence-electron chi connectivity index (χ4n) is 2.70. The lowest BCUT2D eigenvalue weighted by atomic mass is 10.2. The molecule has 4 rings (SSSR count). The molecule has 10 heteroatoms. The Morgan fingerprint density at radius 3 is 2.53 bits per heavy atom. The predicted molar refractivity (Wildman–Crippen MR) is 114 cm³/mol. The molecule has 1 aliphatic heterocycles. The van der Waals surface area contributed by atoms with Crippen LogP contribution in [0, 0.1) is 0 Å². The lowest BCUT2D eigenvalue weighted by Gasteiger charge is -2.10. The van der Waals surface area contributed by atoms with Gasteiger partial charge in [0.05, 0.1) is 25.1 Å². The van der Waals surface area contributed by atoms with E-state index in [2.05, 4.69) is 31.1 Å². The Bertz CT molecular complexity index is 914. The van der Waals surface area contributed by atoms with Gasteiger partial charge >= 0.3 is 0 Å². The van der Waals surface area contributed by atoms with Crippen LogP contribution in [-0.4, -0.2) is 52.5 Å². The summed E-state index contributed by atoms with van der Waals surface area (Å²) in [5.41, 5.74) is 7.34. The number of carbonyl (C=O) groups is 1. The van der Waals surface area contributed by atoms with Crippen LogP contribution < -0.4 is 21.7 Å². The summed E-state index contributed by atoms with van der Waals surface area (Å²) in [7, 11) is 0. The molecule has 158 valence electrons. The lowest BCUT2D eigenvalue weighted by molar-refractivity contribution is 0.100. The minimum absolute atomic E-state index is 0.194. The number of H-pyrrole nitrogens is 1. The number of nitrogens with two attached hydrogens (primary N) is 1. The molecule has 30 heavy (non-hydrogen) atoms. The van der Waals surface area contributed by atoms with Crippen molar-refractivity contribution in [1.82, 2.24) is 20.5 Å². The molecule has 3 aromatic rings. The predicted octanol–water partition coefficient (Wildman–Crippen LogP) is 1.57. The number of ether oxygens (including phenoxy) is 1. The minimum atomic E-state index is -0.608. The Morgan fingerprint density at radius 2 is 1.97 bits per heavy atom. The first-order valence-electron chi connectivity index (χ1n) is 9.49. The van der Waals surface area contributed by atoms with Crippen LogP contribution in [0.3, 0.4) is 0 Å². The highest BCUT2D eigenvalue weighted by molar-refractivity contribution is 6.03. The van der Waals surface area contributed by atoms with Crippen molar-refractivity contribution in [3.63, 3.8) is 0 Å². The van der Waals surface area contributed by atoms with Crippen molar-refractivity contribution in [2.24, 2.45) is 5.73 Å². The maximum absolute atomic E-state index is 11.8. The van der Waals surface area contributed by atoms with Gasteiger partial charge < -0.3 is 31.5 Å². The highest BCUT2D eigenvalue weighted by atomic mass is 16.5. The summed E-state index contributed by atoms with van der Waals surface area (Å²) in [4.78, 5) is 15.8. The zero-order valence-corrected chi connectivity index (χ0v) is 16.4. The van der Waals surface area contributed by atoms with Crippen molar-refractivity contribution in [3.8, 4) is 5.75 Å². The van der Waals surface area contributed by atoms with Crippen molar-refractivity contribution in [2.45, 2.75) is 6.54 Å². The van der Waals surface area contributed by atoms with Crippen LogP contribution >= 0.6 is 0 Å². The number of hydrogen-bond acceptors (Lipinski definition) is 8. The van der Waals surface area contributed by atoms with Crippen molar-refractivity contribution >= 4 is 23.2 Å². The third-order valence-corrected chi connectivity index (χ3v) is 4.19. The maximum atomic E-state index is 11.8. The molecular weight excluding hydrogens is 386 g/mol. The standard InChI is InChI=1S/C16H16N6O2.C4H9NO/c17-14(24)13-15(19-8-10-3-5-12(23)6-4-10)21-22-16(13)20-11-2-1-7-18-9-11;1-3-6-4-2-5-1/h1-7,9,23H,8H2,(H2,17,24)(H3,19,20,21,22);5H,1-4H2. The number of aromatic amines is 1. The Hall–Kier alpha value is -3.63. The van der Waals surface area contributed by atoms with Crippen LogP contribution in [0.25, 0.3) is 0 Å². The molecule has 2 aromatic heterocycles. The Kier molecular flexibility index (Phi) is 7.58. The number of aromatic nitrogens is 3. The van der Waals surface area contributed by atoms with Gasteiger partial charge in [-0.3, -0.25) is 14.9 Å². The molecule has 1 saturated heterocycles. The van der Waals surface area contributed by atoms with Gasteiger partial charge in [-0.25, -0.2) is 0 Å². The highest BCUT2D eigenvalue weighted by Gasteiger charge is 2.18. The van der Waals surface area contributed by atoms with E-state index in [9.17, 15) is 9.90 Å². The number of nitrogens with zero attached hydrogens (tertiary/aromatic N) is 2. The average Bonchev–Trinajstić information content (AvgIpc) is 3.18. The number of phenolic OH excluding ortho intramolecular Hbond substituents is 1. The number of rotatable bonds is 6. The van der Waals surface area contributed by atoms with E-state index in [0.29, 0.717) is 23.9 Å². The van der Waals surface area contributed by atoms with E-state index in [-0.39, 0.29) is 11.3 Å². The molecule has 0 aliphatic carbocycles. The Labute approximate surface area is 173 Å². The summed E-state index contributed by atoms with van der Waals surface area (Å²) in [5.74, 6) is 0.327. The number of carbonyl (C=O) groups excluding carboxylic acids is 1. The van der Waals surface area contributed by atoms with Crippen LogP contribution in [0.2, 0.25) is 0 Å². The first-order valence-corrected chi connectivity index (χ1v) is 9.49. The van der Waals surface area contributed by atoms with E-state index in [1.165, 1.54) is 0 Å². The van der Waals surface area contributed by atoms with Crippen LogP contribution in [0.5, 0.6) is 5.75 Å². The number of phenols is 1. The molecule has 0 radical (unpaired) electrons. The van der Waals surface area contributed by atoms with Gasteiger partial charge in [-0.1, -0.05) is 12.1 Å². The molecule has 0 unspecified atom stereocenters. The number of benzene rings is 1. The van der Waals surface area contributed by atoms with Gasteiger partial charge in [-0.2, -0.15) is 5.10 Å². The number of primary amides is 1. The smallest absolute Gasteiger partial charge is 0.256 e. The molecule has 1 aliphatic rings. The van der Waals surface area contributed by atoms with E-state index in [1.807, 2.05) is 6.07 Å². The number of hydrogen-bond donors (Lipinski definition) is 6. The van der Waals surface area contributed by atoms with Crippen molar-refractivity contribution in [1.29, 1.82) is 0 Å². The topological polar surface area (TPSA) is 150 Å². The molecular formula is C20H25N7O3. The molecule has 1 aromatic carbocycles. The minimum Gasteiger partial charge on any atom is -0.508 e. The molecule has 0 atom stereocenters. The monoisotopic (exact) mass is 411 g/mol. The molecule has 1 fully saturated rings. The number of pyridine rings is 1. The van der Waals surface area contributed by atoms with Crippen molar-refractivity contribution in [3.05, 3.63) is 59.9 Å². The zero-order chi connectivity index (χ0) is 21.2. The first-order chi connectivity index (χ1) is 14.6. The van der Waals surface area contributed by atoms with Crippen molar-refractivity contribution < 1.29 is 14.6 Å². The van der Waals surface area contributed by atoms with E-state index >= 15 is 0 Å². The molecule has 1 amide bonds. The fourth-order valence-corrected chi connectivity index (χ4v) is 2.70. The van der Waals surface area contributed by atoms with E-state index in [1.54, 1.807) is 42.7 Å². The fraction of sp³-hybridized carbons (Fsp3) is 0.250. The number of aromatic hydroxyl groups is 1. The number of anilines is 3. The van der Waals surface area contributed by atoms with Crippen LogP contribution in [0.4, 0.5) is 17.3 Å². The average molecular weight is 411 g/mol. The van der Waals surface area contributed by atoms with E-state index in [4.69, 9.17) is 10.5 Å². The van der Waals surface area contributed by atoms with Gasteiger partial charge in [-0.05, 0) is 29.8 Å². The molecule has 10 nitrogen and oxygen atoms in total. The number of nitrogens with one attached hydrogen (secondary N) is 4. The summed E-state index contributed by atoms with van der Waals surface area (Å²) < 4.78 is 5.01. The van der Waals surface area contributed by atoms with Gasteiger partial charge in [0.1, 0.15) is 17.1 Å². The second-order valence-electron chi connectivity index (χ2n) is 6.44. The van der Waals surface area contributed by atoms with E-state index < -0.39 is 5.91 Å². The SMILES string of the molecule is C1COCCN1.NC(=O)c1c(NCc2ccc(O)cc2)n[nH]c1Nc1cccnc1. The Morgan fingerprint density at radius 1 is 1.20 bits per heavy atom. The summed E-state index contributed by atoms with van der Waals surface area (Å²) in [6, 6.07) is 10.3. The second-order valence-corrected chi connectivity index (χ2v) is 6.44. The van der Waals surface area contributed by atoms with Gasteiger partial charge in [0.25, 0.3) is 5.91 Å². The number of morpholine rings is 1. The normalized spacial score (nSPS) is 13.1. The molecule has 0 saturated carbocycles. The van der Waals surface area contributed by atoms with Crippen molar-refractivity contribution in [2.75, 3.05) is 36.9 Å². The highest BCUT2D eigenvalue weighted by Crippen LogP contribution is 2.24. The van der Waals surface area contributed by atoms with Gasteiger partial charge in [0.15, 0.2) is 5.82 Å². The summed E-state index contributed by atoms with van der Waals surface area (Å²) in [6.45, 7) is 4.26. The lowest BCUT2D eigenvalue weighted by Crippen LogP contribution is -2.30. The first kappa shape index (κ1) is 21.1. The largest absolute Gasteiger partial charge is 0.508 e. The van der Waals surface area contributed by atoms with Crippen LogP contribution in [-0.2, 0) is 11.3 Å². The summed E-state index contributed by atoms with van der Waals surface area (Å²) >= 11 is 0. The quantitative estimate of drug-likeness (QED) is 0.358. The van der Waals surface area contributed by atoms with Crippen LogP contribution in [0.15, 0.2) is 48.8 Å². The summed E-state index contributed by atoms with van der Waals surface area (Å²) in [5, 5.41) is 25.4. The van der Waals surface area contributed by atoms with E-state index in [0.717, 1.165) is 31.9 Å². The molecule has 3 heterocycles. The molecule has 0 bridgehead atoms. The Balaban J connectivity index is 0.000000367. The molecule has 7 N–H and O–H groups in total. The zero-order valence-electron chi connectivity index (χ0n) is 16.4. The van der Waals surface area contributed by atoms with Gasteiger partial charge in [-0.15, -0.1) is 0 Å². The van der Waals surface area contributed by atoms with Crippen LogP contribution in [0.1, 0.15) is 15.9 Å². The van der Waals surface area contributed by atoms with Gasteiger partial charge in [0.2, 0.25) is 0 Å². The molecule has 0 spiro atoms. The number of amides is 1. The van der Waals surface area contributed by atoms with Gasteiger partial charge in [0, 0.05) is 25.8 Å². The third-order valence-electron chi connectivity index (χ3n) is 4.19. The second kappa shape index (κ2) is 10.8.